The molecule has 37 heavy (non-hydrogen) atoms. The summed E-state index contributed by atoms with van der Waals surface area (Å²) in [4.78, 5) is 14.6. The number of likely N-dealkylation sites (tertiary alicyclic amines) is 1. The van der Waals surface area contributed by atoms with Crippen molar-refractivity contribution in [1.82, 2.24) is 10.1 Å². The Morgan fingerprint density at radius 3 is 2.76 bits per heavy atom. The molecule has 9 nitrogen and oxygen atoms in total. The number of aliphatic hydroxyl groups is 1. The molecule has 1 aromatic heterocycles. The molecular formula is C28H40N2O7. The van der Waals surface area contributed by atoms with Gasteiger partial charge in [-0.15, -0.1) is 0 Å². The molecule has 3 aliphatic rings. The minimum atomic E-state index is -0.161. The molecule has 1 aromatic carbocycles. The molecule has 1 N–H and O–H groups in total. The number of ether oxygens (including phenoxy) is 4. The topological polar surface area (TPSA) is 103 Å². The Balaban J connectivity index is 1.09. The van der Waals surface area contributed by atoms with Crippen LogP contribution in [0.2, 0.25) is 0 Å². The summed E-state index contributed by atoms with van der Waals surface area (Å²) in [6, 6.07) is 5.66. The fourth-order valence-electron chi connectivity index (χ4n) is 5.82. The number of hydrogen-bond donors (Lipinski definition) is 1. The third-order valence-electron chi connectivity index (χ3n) is 8.33. The van der Waals surface area contributed by atoms with E-state index in [9.17, 15) is 9.90 Å². The summed E-state index contributed by atoms with van der Waals surface area (Å²) < 4.78 is 29.0. The van der Waals surface area contributed by atoms with Gasteiger partial charge in [-0.2, -0.15) is 0 Å². The predicted molar refractivity (Wildman–Crippen MR) is 136 cm³/mol. The SMILES string of the molecule is CC1CC(C(=O)OCN2CCC(COc3noc4cccc(OCC5(CO)CCCC5)c34)CC2)CCO1. The van der Waals surface area contributed by atoms with Crippen LogP contribution in [0, 0.1) is 17.3 Å². The van der Waals surface area contributed by atoms with Crippen molar-refractivity contribution in [2.45, 2.75) is 64.4 Å². The van der Waals surface area contributed by atoms with E-state index in [1.54, 1.807) is 0 Å². The van der Waals surface area contributed by atoms with Crippen LogP contribution in [0.3, 0.4) is 0 Å². The second-order valence-corrected chi connectivity index (χ2v) is 11.1. The van der Waals surface area contributed by atoms with Crippen molar-refractivity contribution in [3.05, 3.63) is 18.2 Å². The van der Waals surface area contributed by atoms with E-state index in [2.05, 4.69) is 10.1 Å². The zero-order valence-corrected chi connectivity index (χ0v) is 21.9. The van der Waals surface area contributed by atoms with Gasteiger partial charge in [-0.25, -0.2) is 0 Å². The lowest BCUT2D eigenvalue weighted by Gasteiger charge is -2.32. The van der Waals surface area contributed by atoms with Crippen LogP contribution in [0.15, 0.2) is 22.7 Å². The minimum Gasteiger partial charge on any atom is -0.492 e. The van der Waals surface area contributed by atoms with Crippen LogP contribution in [0.25, 0.3) is 11.0 Å². The predicted octanol–water partition coefficient (Wildman–Crippen LogP) is 4.17. The molecule has 5 rings (SSSR count). The molecule has 0 spiro atoms. The molecule has 0 bridgehead atoms. The summed E-state index contributed by atoms with van der Waals surface area (Å²) in [6.45, 7) is 5.87. The van der Waals surface area contributed by atoms with Crippen molar-refractivity contribution in [3.63, 3.8) is 0 Å². The van der Waals surface area contributed by atoms with Gasteiger partial charge in [0, 0.05) is 25.1 Å². The van der Waals surface area contributed by atoms with Crippen LogP contribution in [0.1, 0.15) is 58.3 Å². The molecule has 3 fully saturated rings. The Hall–Kier alpha value is -2.36. The van der Waals surface area contributed by atoms with Crippen LogP contribution < -0.4 is 9.47 Å². The van der Waals surface area contributed by atoms with Crippen LogP contribution in [-0.2, 0) is 14.3 Å². The van der Waals surface area contributed by atoms with E-state index in [0.717, 1.165) is 69.8 Å². The van der Waals surface area contributed by atoms with Gasteiger partial charge in [-0.3, -0.25) is 9.69 Å². The van der Waals surface area contributed by atoms with Crippen molar-refractivity contribution in [2.75, 3.05) is 46.2 Å². The Kier molecular flexibility index (Phi) is 8.52. The van der Waals surface area contributed by atoms with E-state index in [-0.39, 0.29) is 30.0 Å². The van der Waals surface area contributed by atoms with Gasteiger partial charge in [0.2, 0.25) is 0 Å². The van der Waals surface area contributed by atoms with Crippen molar-refractivity contribution >= 4 is 16.9 Å². The number of carbonyl (C=O) groups excluding carboxylic acids is 1. The van der Waals surface area contributed by atoms with Gasteiger partial charge in [-0.05, 0) is 68.7 Å². The lowest BCUT2D eigenvalue weighted by molar-refractivity contribution is -0.159. The first kappa shape index (κ1) is 26.3. The summed E-state index contributed by atoms with van der Waals surface area (Å²) in [6.07, 6.45) is 7.76. The molecule has 2 aromatic rings. The fourth-order valence-corrected chi connectivity index (χ4v) is 5.82. The zero-order valence-electron chi connectivity index (χ0n) is 21.9. The summed E-state index contributed by atoms with van der Waals surface area (Å²) in [5, 5.41) is 14.8. The Morgan fingerprint density at radius 2 is 2.00 bits per heavy atom. The second-order valence-electron chi connectivity index (χ2n) is 11.1. The van der Waals surface area contributed by atoms with E-state index >= 15 is 0 Å². The van der Waals surface area contributed by atoms with Gasteiger partial charge >= 0.3 is 5.97 Å². The van der Waals surface area contributed by atoms with Gasteiger partial charge in [0.25, 0.3) is 5.88 Å². The first-order chi connectivity index (χ1) is 18.0. The quantitative estimate of drug-likeness (QED) is 0.466. The summed E-state index contributed by atoms with van der Waals surface area (Å²) >= 11 is 0. The van der Waals surface area contributed by atoms with Crippen molar-refractivity contribution in [1.29, 1.82) is 0 Å². The van der Waals surface area contributed by atoms with Crippen LogP contribution in [-0.4, -0.2) is 73.5 Å². The lowest BCUT2D eigenvalue weighted by atomic mass is 9.88. The molecule has 0 amide bonds. The number of piperidine rings is 1. The highest BCUT2D eigenvalue weighted by molar-refractivity contribution is 5.88. The standard InChI is InChI=1S/C28H40N2O7/c1-20-15-22(9-14-33-20)27(32)36-19-30-12-7-21(8-13-30)16-34-26-25-23(5-4-6-24(25)37-29-26)35-18-28(17-31)10-2-3-11-28/h4-6,20-22,31H,2-3,7-19H2,1H3. The molecule has 2 unspecified atom stereocenters. The highest BCUT2D eigenvalue weighted by Gasteiger charge is 2.34. The first-order valence-electron chi connectivity index (χ1n) is 13.8. The normalized spacial score (nSPS) is 24.8. The molecular weight excluding hydrogens is 476 g/mol. The smallest absolute Gasteiger partial charge is 0.310 e. The van der Waals surface area contributed by atoms with Crippen molar-refractivity contribution in [3.8, 4) is 11.6 Å². The minimum absolute atomic E-state index is 0.0480. The lowest BCUT2D eigenvalue weighted by Crippen LogP contribution is -2.39. The molecule has 2 atom stereocenters. The Morgan fingerprint density at radius 1 is 1.19 bits per heavy atom. The second kappa shape index (κ2) is 12.0. The van der Waals surface area contributed by atoms with E-state index in [1.165, 1.54) is 0 Å². The maximum atomic E-state index is 12.4. The summed E-state index contributed by atoms with van der Waals surface area (Å²) in [5.41, 5.74) is 0.471. The molecule has 3 heterocycles. The summed E-state index contributed by atoms with van der Waals surface area (Å²) in [5.74, 6) is 1.38. The van der Waals surface area contributed by atoms with Gasteiger partial charge < -0.3 is 28.6 Å². The highest BCUT2D eigenvalue weighted by Crippen LogP contribution is 2.40. The summed E-state index contributed by atoms with van der Waals surface area (Å²) in [7, 11) is 0. The third-order valence-corrected chi connectivity index (χ3v) is 8.33. The largest absolute Gasteiger partial charge is 0.492 e. The molecule has 2 aliphatic heterocycles. The van der Waals surface area contributed by atoms with E-state index in [1.807, 2.05) is 25.1 Å². The van der Waals surface area contributed by atoms with E-state index in [4.69, 9.17) is 23.5 Å². The maximum absolute atomic E-state index is 12.4. The van der Waals surface area contributed by atoms with Gasteiger partial charge in [0.05, 0.1) is 31.8 Å². The number of aliphatic hydroxyl groups excluding tert-OH is 1. The van der Waals surface area contributed by atoms with Crippen molar-refractivity contribution < 1.29 is 33.4 Å². The van der Waals surface area contributed by atoms with Crippen LogP contribution in [0.5, 0.6) is 11.6 Å². The third kappa shape index (κ3) is 6.38. The highest BCUT2D eigenvalue weighted by atomic mass is 16.5. The van der Waals surface area contributed by atoms with E-state index in [0.29, 0.717) is 49.7 Å². The van der Waals surface area contributed by atoms with Gasteiger partial charge in [0.1, 0.15) is 17.9 Å². The monoisotopic (exact) mass is 516 g/mol. The molecule has 2 saturated heterocycles. The fraction of sp³-hybridized carbons (Fsp3) is 0.714. The number of benzene rings is 1. The van der Waals surface area contributed by atoms with E-state index < -0.39 is 0 Å². The number of nitrogens with zero attached hydrogens (tertiary/aromatic N) is 2. The van der Waals surface area contributed by atoms with Crippen LogP contribution >= 0.6 is 0 Å². The number of rotatable bonds is 10. The Labute approximate surface area is 218 Å². The number of esters is 1. The number of fused-ring (bicyclic) bond motifs is 1. The number of hydrogen-bond acceptors (Lipinski definition) is 9. The first-order valence-corrected chi connectivity index (χ1v) is 13.8. The molecule has 0 radical (unpaired) electrons. The molecule has 1 saturated carbocycles. The molecule has 204 valence electrons. The Bertz CT molecular complexity index is 1030. The van der Waals surface area contributed by atoms with Gasteiger partial charge in [0.15, 0.2) is 5.58 Å². The van der Waals surface area contributed by atoms with Crippen LogP contribution in [0.4, 0.5) is 0 Å². The number of carbonyl (C=O) groups is 1. The average molecular weight is 517 g/mol. The molecule has 1 aliphatic carbocycles. The zero-order chi connectivity index (χ0) is 25.7. The van der Waals surface area contributed by atoms with Gasteiger partial charge in [-0.1, -0.05) is 18.9 Å². The van der Waals surface area contributed by atoms with Crippen molar-refractivity contribution in [2.24, 2.45) is 17.3 Å². The number of aromatic nitrogens is 1. The molecule has 9 heteroatoms. The maximum Gasteiger partial charge on any atom is 0.310 e. The average Bonchev–Trinajstić information content (AvgIpc) is 3.58.